The van der Waals surface area contributed by atoms with Crippen LogP contribution in [-0.2, 0) is 10.0 Å². The van der Waals surface area contributed by atoms with Crippen LogP contribution in [0.3, 0.4) is 0 Å². The minimum atomic E-state index is -3.58. The van der Waals surface area contributed by atoms with Crippen molar-refractivity contribution in [1.29, 1.82) is 0 Å². The van der Waals surface area contributed by atoms with Crippen molar-refractivity contribution < 1.29 is 8.42 Å². The Kier molecular flexibility index (Phi) is 5.79. The number of nitrogens with one attached hydrogen (secondary N) is 1. The van der Waals surface area contributed by atoms with Gasteiger partial charge >= 0.3 is 0 Å². The molecule has 1 heterocycles. The van der Waals surface area contributed by atoms with Crippen LogP contribution in [0, 0.1) is 0 Å². The summed E-state index contributed by atoms with van der Waals surface area (Å²) < 4.78 is 27.7. The van der Waals surface area contributed by atoms with E-state index >= 15 is 0 Å². The second kappa shape index (κ2) is 8.06. The largest absolute Gasteiger partial charge is 0.303 e. The van der Waals surface area contributed by atoms with Gasteiger partial charge in [-0.1, -0.05) is 43.8 Å². The van der Waals surface area contributed by atoms with E-state index in [2.05, 4.69) is 23.1 Å². The molecule has 1 saturated heterocycles. The summed E-state index contributed by atoms with van der Waals surface area (Å²) in [5.41, 5.74) is 2.76. The Hall–Kier alpha value is -2.11. The van der Waals surface area contributed by atoms with E-state index in [0.717, 1.165) is 25.2 Å². The molecule has 0 aromatic heterocycles. The molecule has 1 atom stereocenters. The van der Waals surface area contributed by atoms with Gasteiger partial charge in [0.15, 0.2) is 0 Å². The van der Waals surface area contributed by atoms with Gasteiger partial charge in [-0.25, -0.2) is 8.42 Å². The van der Waals surface area contributed by atoms with E-state index in [4.69, 9.17) is 0 Å². The smallest absolute Gasteiger partial charge is 0.261 e. The van der Waals surface area contributed by atoms with E-state index in [1.165, 1.54) is 18.4 Å². The van der Waals surface area contributed by atoms with Crippen molar-refractivity contribution in [2.75, 3.05) is 24.4 Å². The van der Waals surface area contributed by atoms with Gasteiger partial charge in [-0.2, -0.15) is 0 Å². The van der Waals surface area contributed by atoms with Crippen LogP contribution in [0.4, 0.5) is 5.69 Å². The first kappa shape index (κ1) is 18.7. The molecule has 2 aromatic rings. The lowest BCUT2D eigenvalue weighted by atomic mass is 9.98. The fourth-order valence-electron chi connectivity index (χ4n) is 3.44. The van der Waals surface area contributed by atoms with Crippen LogP contribution in [0.1, 0.15) is 36.8 Å². The number of rotatable bonds is 7. The van der Waals surface area contributed by atoms with Gasteiger partial charge in [0, 0.05) is 12.2 Å². The summed E-state index contributed by atoms with van der Waals surface area (Å²) >= 11 is 0. The fraction of sp³-hybridized carbons (Fsp3) is 0.333. The SMILES string of the molecule is C=Cc1ccc(S(=O)(=O)Nc2ccc([C@@H]3CCN(CCC)C3)cc2)cc1. The van der Waals surface area contributed by atoms with Gasteiger partial charge in [0.25, 0.3) is 10.0 Å². The van der Waals surface area contributed by atoms with E-state index in [9.17, 15) is 8.42 Å². The number of hydrogen-bond donors (Lipinski definition) is 1. The lowest BCUT2D eigenvalue weighted by molar-refractivity contribution is 0.335. The Balaban J connectivity index is 1.67. The van der Waals surface area contributed by atoms with E-state index in [0.29, 0.717) is 11.6 Å². The number of anilines is 1. The molecule has 1 aliphatic heterocycles. The third-order valence-corrected chi connectivity index (χ3v) is 6.27. The van der Waals surface area contributed by atoms with E-state index in [1.807, 2.05) is 24.3 Å². The normalized spacial score (nSPS) is 18.0. The van der Waals surface area contributed by atoms with E-state index in [1.54, 1.807) is 30.3 Å². The highest BCUT2D eigenvalue weighted by Gasteiger charge is 2.23. The first-order valence-corrected chi connectivity index (χ1v) is 10.6. The lowest BCUT2D eigenvalue weighted by Crippen LogP contribution is -2.20. The lowest BCUT2D eigenvalue weighted by Gasteiger charge is -2.15. The predicted molar refractivity (Wildman–Crippen MR) is 108 cm³/mol. The molecule has 0 amide bonds. The molecular formula is C21H26N2O2S. The third-order valence-electron chi connectivity index (χ3n) is 4.87. The molecule has 0 saturated carbocycles. The maximum absolute atomic E-state index is 12.5. The van der Waals surface area contributed by atoms with Crippen LogP contribution in [-0.4, -0.2) is 33.0 Å². The standard InChI is InChI=1S/C21H26N2O2S/c1-3-14-23-15-13-19(16-23)18-7-9-20(10-8-18)22-26(24,25)21-11-5-17(4-2)6-12-21/h4-12,19,22H,2-3,13-16H2,1H3/t19-/m1/s1. The van der Waals surface area contributed by atoms with Crippen LogP contribution < -0.4 is 4.72 Å². The molecule has 3 rings (SSSR count). The van der Waals surface area contributed by atoms with Crippen molar-refractivity contribution in [2.45, 2.75) is 30.6 Å². The maximum Gasteiger partial charge on any atom is 0.261 e. The van der Waals surface area contributed by atoms with Crippen molar-refractivity contribution in [2.24, 2.45) is 0 Å². The van der Waals surface area contributed by atoms with Crippen molar-refractivity contribution in [3.8, 4) is 0 Å². The predicted octanol–water partition coefficient (Wildman–Crippen LogP) is 4.33. The number of likely N-dealkylation sites (tertiary alicyclic amines) is 1. The summed E-state index contributed by atoms with van der Waals surface area (Å²) in [7, 11) is -3.58. The Morgan fingerprint density at radius 2 is 1.85 bits per heavy atom. The number of benzene rings is 2. The van der Waals surface area contributed by atoms with E-state index in [-0.39, 0.29) is 4.90 Å². The highest BCUT2D eigenvalue weighted by molar-refractivity contribution is 7.92. The molecule has 0 bridgehead atoms. The molecule has 0 radical (unpaired) electrons. The van der Waals surface area contributed by atoms with Gasteiger partial charge in [0.05, 0.1) is 4.90 Å². The van der Waals surface area contributed by atoms with Gasteiger partial charge in [0.2, 0.25) is 0 Å². The summed E-state index contributed by atoms with van der Waals surface area (Å²) in [4.78, 5) is 2.74. The summed E-state index contributed by atoms with van der Waals surface area (Å²) in [5, 5.41) is 0. The van der Waals surface area contributed by atoms with Crippen LogP contribution >= 0.6 is 0 Å². The molecule has 4 nitrogen and oxygen atoms in total. The Morgan fingerprint density at radius 3 is 2.46 bits per heavy atom. The molecule has 0 aliphatic carbocycles. The molecule has 1 fully saturated rings. The zero-order valence-electron chi connectivity index (χ0n) is 15.2. The summed E-state index contributed by atoms with van der Waals surface area (Å²) in [6.45, 7) is 9.28. The first-order valence-electron chi connectivity index (χ1n) is 9.09. The van der Waals surface area contributed by atoms with Crippen LogP contribution in [0.15, 0.2) is 60.0 Å². The highest BCUT2D eigenvalue weighted by atomic mass is 32.2. The molecule has 2 aromatic carbocycles. The molecule has 1 aliphatic rings. The first-order chi connectivity index (χ1) is 12.5. The Labute approximate surface area is 156 Å². The second-order valence-corrected chi connectivity index (χ2v) is 8.47. The monoisotopic (exact) mass is 370 g/mol. The average Bonchev–Trinajstić information content (AvgIpc) is 3.11. The van der Waals surface area contributed by atoms with Crippen molar-refractivity contribution in [1.82, 2.24) is 4.90 Å². The molecular weight excluding hydrogens is 344 g/mol. The topological polar surface area (TPSA) is 49.4 Å². The maximum atomic E-state index is 12.5. The minimum Gasteiger partial charge on any atom is -0.303 e. The zero-order chi connectivity index (χ0) is 18.6. The molecule has 138 valence electrons. The highest BCUT2D eigenvalue weighted by Crippen LogP contribution is 2.28. The second-order valence-electron chi connectivity index (χ2n) is 6.79. The Morgan fingerprint density at radius 1 is 1.15 bits per heavy atom. The molecule has 26 heavy (non-hydrogen) atoms. The van der Waals surface area contributed by atoms with Crippen molar-refractivity contribution >= 4 is 21.8 Å². The number of sulfonamides is 1. The summed E-state index contributed by atoms with van der Waals surface area (Å²) in [6.07, 6.45) is 4.04. The Bertz CT molecular complexity index is 843. The number of nitrogens with zero attached hydrogens (tertiary/aromatic N) is 1. The van der Waals surface area contributed by atoms with Gasteiger partial charge in [-0.05, 0) is 67.2 Å². The zero-order valence-corrected chi connectivity index (χ0v) is 16.0. The van der Waals surface area contributed by atoms with Crippen LogP contribution in [0.5, 0.6) is 0 Å². The molecule has 5 heteroatoms. The van der Waals surface area contributed by atoms with Gasteiger partial charge in [-0.3, -0.25) is 4.72 Å². The van der Waals surface area contributed by atoms with E-state index < -0.39 is 10.0 Å². The minimum absolute atomic E-state index is 0.248. The van der Waals surface area contributed by atoms with Crippen molar-refractivity contribution in [3.63, 3.8) is 0 Å². The van der Waals surface area contributed by atoms with Gasteiger partial charge in [0.1, 0.15) is 0 Å². The van der Waals surface area contributed by atoms with Gasteiger partial charge in [-0.15, -0.1) is 0 Å². The van der Waals surface area contributed by atoms with Gasteiger partial charge < -0.3 is 4.90 Å². The number of hydrogen-bond acceptors (Lipinski definition) is 3. The van der Waals surface area contributed by atoms with Crippen LogP contribution in [0.2, 0.25) is 0 Å². The van der Waals surface area contributed by atoms with Crippen molar-refractivity contribution in [3.05, 3.63) is 66.2 Å². The molecule has 0 unspecified atom stereocenters. The average molecular weight is 371 g/mol. The van der Waals surface area contributed by atoms with Crippen LogP contribution in [0.25, 0.3) is 6.08 Å². The third kappa shape index (κ3) is 4.34. The fourth-order valence-corrected chi connectivity index (χ4v) is 4.50. The summed E-state index contributed by atoms with van der Waals surface area (Å²) in [5.74, 6) is 0.540. The molecule has 0 spiro atoms. The summed E-state index contributed by atoms with van der Waals surface area (Å²) in [6, 6.07) is 14.5. The quantitative estimate of drug-likeness (QED) is 0.789. The molecule has 1 N–H and O–H groups in total.